The summed E-state index contributed by atoms with van der Waals surface area (Å²) in [5.74, 6) is 1.79. The fraction of sp³-hybridized carbons (Fsp3) is 0.750. The van der Waals surface area contributed by atoms with Gasteiger partial charge in [-0.15, -0.1) is 0 Å². The summed E-state index contributed by atoms with van der Waals surface area (Å²) in [6, 6.07) is 2.05. The topological polar surface area (TPSA) is 50.7 Å². The first-order chi connectivity index (χ1) is 10.7. The van der Waals surface area contributed by atoms with E-state index in [0.717, 1.165) is 63.3 Å². The van der Waals surface area contributed by atoms with Crippen LogP contribution >= 0.6 is 0 Å². The Labute approximate surface area is 132 Å². The average Bonchev–Trinajstić information content (AvgIpc) is 2.56. The van der Waals surface area contributed by atoms with Crippen molar-refractivity contribution in [3.8, 4) is 0 Å². The Hall–Kier alpha value is -1.40. The molecule has 2 fully saturated rings. The van der Waals surface area contributed by atoms with Gasteiger partial charge in [0.05, 0.1) is 19.3 Å². The second-order valence-corrected chi connectivity index (χ2v) is 6.14. The Morgan fingerprint density at radius 3 is 2.77 bits per heavy atom. The van der Waals surface area contributed by atoms with Crippen molar-refractivity contribution in [3.63, 3.8) is 0 Å². The lowest BCUT2D eigenvalue weighted by Crippen LogP contribution is -2.38. The van der Waals surface area contributed by atoms with Crippen molar-refractivity contribution in [2.75, 3.05) is 56.3 Å². The van der Waals surface area contributed by atoms with Gasteiger partial charge in [-0.2, -0.15) is 4.98 Å². The molecule has 2 saturated heterocycles. The highest BCUT2D eigenvalue weighted by molar-refractivity contribution is 5.45. The molecule has 0 aliphatic carbocycles. The van der Waals surface area contributed by atoms with Crippen LogP contribution in [0.25, 0.3) is 0 Å². The Morgan fingerprint density at radius 2 is 2.05 bits per heavy atom. The molecule has 0 radical (unpaired) electrons. The molecule has 0 aromatic carbocycles. The molecule has 1 atom stereocenters. The molecule has 1 aromatic heterocycles. The van der Waals surface area contributed by atoms with Crippen LogP contribution in [0.1, 0.15) is 25.0 Å². The summed E-state index contributed by atoms with van der Waals surface area (Å²) in [7, 11) is 2.09. The highest BCUT2D eigenvalue weighted by Gasteiger charge is 2.19. The van der Waals surface area contributed by atoms with Crippen LogP contribution in [0.2, 0.25) is 0 Å². The molecule has 2 aliphatic heterocycles. The van der Waals surface area contributed by atoms with Crippen LogP contribution < -0.4 is 9.80 Å². The fourth-order valence-electron chi connectivity index (χ4n) is 2.99. The van der Waals surface area contributed by atoms with Gasteiger partial charge >= 0.3 is 0 Å². The van der Waals surface area contributed by atoms with E-state index < -0.39 is 0 Å². The Kier molecular flexibility index (Phi) is 5.10. The fourth-order valence-corrected chi connectivity index (χ4v) is 2.99. The van der Waals surface area contributed by atoms with Crippen molar-refractivity contribution < 1.29 is 9.47 Å². The van der Waals surface area contributed by atoms with E-state index in [1.165, 1.54) is 12.8 Å². The van der Waals surface area contributed by atoms with Crippen LogP contribution in [-0.2, 0) is 9.47 Å². The first-order valence-electron chi connectivity index (χ1n) is 8.23. The van der Waals surface area contributed by atoms with Crippen molar-refractivity contribution in [1.29, 1.82) is 0 Å². The Balaban J connectivity index is 1.70. The van der Waals surface area contributed by atoms with Gasteiger partial charge in [-0.3, -0.25) is 0 Å². The zero-order valence-electron chi connectivity index (χ0n) is 13.6. The number of hydrogen-bond acceptors (Lipinski definition) is 6. The molecular formula is C16H26N4O2. The minimum atomic E-state index is 0.320. The largest absolute Gasteiger partial charge is 0.378 e. The van der Waals surface area contributed by atoms with Gasteiger partial charge in [0.25, 0.3) is 0 Å². The van der Waals surface area contributed by atoms with Gasteiger partial charge in [-0.1, -0.05) is 0 Å². The summed E-state index contributed by atoms with van der Waals surface area (Å²) in [5.41, 5.74) is 1.00. The van der Waals surface area contributed by atoms with Gasteiger partial charge in [0, 0.05) is 45.0 Å². The molecule has 0 N–H and O–H groups in total. The molecule has 1 unspecified atom stereocenters. The number of aryl methyl sites for hydroxylation is 1. The maximum Gasteiger partial charge on any atom is 0.227 e. The van der Waals surface area contributed by atoms with E-state index in [2.05, 4.69) is 21.8 Å². The molecule has 0 spiro atoms. The van der Waals surface area contributed by atoms with E-state index in [9.17, 15) is 0 Å². The molecular weight excluding hydrogens is 280 g/mol. The third kappa shape index (κ3) is 3.87. The van der Waals surface area contributed by atoms with Crippen LogP contribution in [0.3, 0.4) is 0 Å². The monoisotopic (exact) mass is 306 g/mol. The van der Waals surface area contributed by atoms with Crippen LogP contribution in [0.4, 0.5) is 11.8 Å². The van der Waals surface area contributed by atoms with Gasteiger partial charge in [0.1, 0.15) is 5.82 Å². The molecule has 122 valence electrons. The maximum absolute atomic E-state index is 5.83. The van der Waals surface area contributed by atoms with Gasteiger partial charge in [-0.05, 0) is 26.2 Å². The van der Waals surface area contributed by atoms with E-state index in [1.807, 2.05) is 13.0 Å². The molecule has 2 aliphatic rings. The normalized spacial score (nSPS) is 22.6. The molecule has 22 heavy (non-hydrogen) atoms. The summed E-state index contributed by atoms with van der Waals surface area (Å²) in [5, 5.41) is 0. The lowest BCUT2D eigenvalue weighted by molar-refractivity contribution is 0.0215. The molecule has 3 rings (SSSR count). The number of rotatable bonds is 4. The Morgan fingerprint density at radius 1 is 1.23 bits per heavy atom. The van der Waals surface area contributed by atoms with E-state index >= 15 is 0 Å². The van der Waals surface area contributed by atoms with Crippen molar-refractivity contribution in [3.05, 3.63) is 11.8 Å². The second-order valence-electron chi connectivity index (χ2n) is 6.14. The summed E-state index contributed by atoms with van der Waals surface area (Å²) in [6.45, 7) is 7.02. The number of nitrogens with zero attached hydrogens (tertiary/aromatic N) is 4. The van der Waals surface area contributed by atoms with Gasteiger partial charge in [0.15, 0.2) is 0 Å². The van der Waals surface area contributed by atoms with Crippen molar-refractivity contribution >= 4 is 11.8 Å². The van der Waals surface area contributed by atoms with Gasteiger partial charge < -0.3 is 19.3 Å². The SMILES string of the molecule is Cc1cc(N(C)CC2CCCCO2)nc(N2CCOCC2)n1. The zero-order chi connectivity index (χ0) is 15.4. The molecule has 6 nitrogen and oxygen atoms in total. The number of anilines is 2. The lowest BCUT2D eigenvalue weighted by Gasteiger charge is -2.30. The standard InChI is InChI=1S/C16H26N4O2/c1-13-11-15(19(2)12-14-5-3-4-8-22-14)18-16(17-13)20-6-9-21-10-7-20/h11,14H,3-10,12H2,1-2H3. The first-order valence-corrected chi connectivity index (χ1v) is 8.23. The zero-order valence-corrected chi connectivity index (χ0v) is 13.6. The van der Waals surface area contributed by atoms with Gasteiger partial charge in [0.2, 0.25) is 5.95 Å². The smallest absolute Gasteiger partial charge is 0.227 e. The third-order valence-electron chi connectivity index (χ3n) is 4.27. The third-order valence-corrected chi connectivity index (χ3v) is 4.27. The summed E-state index contributed by atoms with van der Waals surface area (Å²) in [6.07, 6.45) is 3.92. The summed E-state index contributed by atoms with van der Waals surface area (Å²) >= 11 is 0. The van der Waals surface area contributed by atoms with Crippen LogP contribution in [-0.4, -0.2) is 62.6 Å². The number of hydrogen-bond donors (Lipinski definition) is 0. The first kappa shape index (κ1) is 15.5. The van der Waals surface area contributed by atoms with E-state index in [0.29, 0.717) is 6.10 Å². The molecule has 0 amide bonds. The number of ether oxygens (including phenoxy) is 2. The van der Waals surface area contributed by atoms with Crippen LogP contribution in [0.5, 0.6) is 0 Å². The molecule has 3 heterocycles. The molecule has 6 heteroatoms. The van der Waals surface area contributed by atoms with Crippen molar-refractivity contribution in [2.24, 2.45) is 0 Å². The predicted octanol–water partition coefficient (Wildman–Crippen LogP) is 1.63. The number of likely N-dealkylation sites (N-methyl/N-ethyl adjacent to an activating group) is 1. The molecule has 0 bridgehead atoms. The number of morpholine rings is 1. The highest BCUT2D eigenvalue weighted by atomic mass is 16.5. The minimum Gasteiger partial charge on any atom is -0.378 e. The van der Waals surface area contributed by atoms with Crippen LogP contribution in [0.15, 0.2) is 6.07 Å². The molecule has 1 aromatic rings. The lowest BCUT2D eigenvalue weighted by atomic mass is 10.1. The Bertz CT molecular complexity index is 485. The van der Waals surface area contributed by atoms with Crippen LogP contribution in [0, 0.1) is 6.92 Å². The summed E-state index contributed by atoms with van der Waals surface area (Å²) in [4.78, 5) is 13.7. The van der Waals surface area contributed by atoms with E-state index in [-0.39, 0.29) is 0 Å². The van der Waals surface area contributed by atoms with E-state index in [1.54, 1.807) is 0 Å². The van der Waals surface area contributed by atoms with E-state index in [4.69, 9.17) is 14.5 Å². The van der Waals surface area contributed by atoms with Gasteiger partial charge in [-0.25, -0.2) is 4.98 Å². The highest BCUT2D eigenvalue weighted by Crippen LogP contribution is 2.20. The maximum atomic E-state index is 5.83. The predicted molar refractivity (Wildman–Crippen MR) is 86.7 cm³/mol. The van der Waals surface area contributed by atoms with Crippen molar-refractivity contribution in [1.82, 2.24) is 9.97 Å². The number of aromatic nitrogens is 2. The second kappa shape index (κ2) is 7.24. The minimum absolute atomic E-state index is 0.320. The summed E-state index contributed by atoms with van der Waals surface area (Å²) < 4.78 is 11.2. The quantitative estimate of drug-likeness (QED) is 0.843. The average molecular weight is 306 g/mol. The van der Waals surface area contributed by atoms with Crippen molar-refractivity contribution in [2.45, 2.75) is 32.3 Å². The molecule has 0 saturated carbocycles.